The molecule has 11 heteroatoms. The lowest BCUT2D eigenvalue weighted by atomic mass is 9.97. The highest BCUT2D eigenvalue weighted by atomic mass is 35.5. The van der Waals surface area contributed by atoms with Crippen LogP contribution in [0.15, 0.2) is 36.4 Å². The van der Waals surface area contributed by atoms with Crippen LogP contribution in [-0.2, 0) is 16.0 Å². The number of benzene rings is 2. The van der Waals surface area contributed by atoms with Crippen molar-refractivity contribution >= 4 is 35.2 Å². The van der Waals surface area contributed by atoms with E-state index in [1.54, 1.807) is 25.1 Å². The third-order valence-corrected chi connectivity index (χ3v) is 6.24. The van der Waals surface area contributed by atoms with Gasteiger partial charge in [0.2, 0.25) is 11.8 Å². The van der Waals surface area contributed by atoms with Crippen molar-refractivity contribution in [2.45, 2.75) is 25.8 Å². The van der Waals surface area contributed by atoms with Crippen molar-refractivity contribution in [3.05, 3.63) is 58.1 Å². The van der Waals surface area contributed by atoms with Crippen LogP contribution in [0, 0.1) is 5.92 Å². The number of amides is 4. The quantitative estimate of drug-likeness (QED) is 0.393. The van der Waals surface area contributed by atoms with Gasteiger partial charge in [-0.1, -0.05) is 30.7 Å². The first-order chi connectivity index (χ1) is 17.2. The van der Waals surface area contributed by atoms with Crippen molar-refractivity contribution in [3.8, 4) is 11.5 Å². The van der Waals surface area contributed by atoms with Gasteiger partial charge >= 0.3 is 6.03 Å². The van der Waals surface area contributed by atoms with Crippen LogP contribution in [0.1, 0.15) is 40.9 Å². The number of aliphatic hydroxyl groups is 1. The zero-order valence-electron chi connectivity index (χ0n) is 19.9. The molecule has 1 fully saturated rings. The predicted octanol–water partition coefficient (Wildman–Crippen LogP) is 2.21. The number of nitrogens with zero attached hydrogens (tertiary/aromatic N) is 1. The minimum absolute atomic E-state index is 0.0282. The second-order valence-electron chi connectivity index (χ2n) is 8.32. The number of ketones is 1. The van der Waals surface area contributed by atoms with E-state index in [9.17, 15) is 24.3 Å². The number of phenols is 1. The number of halogens is 1. The first kappa shape index (κ1) is 27.0. The maximum Gasteiger partial charge on any atom is 0.325 e. The van der Waals surface area contributed by atoms with Gasteiger partial charge < -0.3 is 25.6 Å². The lowest BCUT2D eigenvalue weighted by Gasteiger charge is -2.26. The minimum atomic E-state index is -0.815. The molecule has 1 aliphatic rings. The summed E-state index contributed by atoms with van der Waals surface area (Å²) in [5.41, 5.74) is 0.821. The third kappa shape index (κ3) is 5.95. The lowest BCUT2D eigenvalue weighted by Crippen LogP contribution is -2.48. The molecule has 10 nitrogen and oxygen atoms in total. The lowest BCUT2D eigenvalue weighted by molar-refractivity contribution is -0.133. The molecule has 192 valence electrons. The second kappa shape index (κ2) is 11.9. The van der Waals surface area contributed by atoms with Crippen LogP contribution >= 0.6 is 11.6 Å². The molecular weight excluding hydrogens is 490 g/mol. The number of hydrogen-bond donors (Lipinski definition) is 4. The Hall–Kier alpha value is -3.63. The van der Waals surface area contributed by atoms with Crippen molar-refractivity contribution in [1.82, 2.24) is 15.5 Å². The van der Waals surface area contributed by atoms with Gasteiger partial charge in [-0.15, -0.1) is 0 Å². The highest BCUT2D eigenvalue weighted by Crippen LogP contribution is 2.31. The van der Waals surface area contributed by atoms with Gasteiger partial charge in [0.05, 0.1) is 24.6 Å². The first-order valence-electron chi connectivity index (χ1n) is 11.4. The van der Waals surface area contributed by atoms with Crippen LogP contribution in [0.4, 0.5) is 4.79 Å². The normalized spacial score (nSPS) is 16.7. The number of aromatic hydroxyl groups is 1. The molecular formula is C25H28ClN3O7. The summed E-state index contributed by atoms with van der Waals surface area (Å²) in [5.74, 6) is -2.32. The van der Waals surface area contributed by atoms with Crippen molar-refractivity contribution in [3.63, 3.8) is 0 Å². The molecule has 2 atom stereocenters. The summed E-state index contributed by atoms with van der Waals surface area (Å²) >= 11 is 6.11. The van der Waals surface area contributed by atoms with Crippen LogP contribution < -0.4 is 15.4 Å². The Morgan fingerprint density at radius 3 is 2.69 bits per heavy atom. The monoisotopic (exact) mass is 517 g/mol. The molecule has 2 aromatic rings. The number of para-hydroxylation sites is 1. The Balaban J connectivity index is 1.84. The molecule has 0 aliphatic carbocycles. The number of carbonyl (C=O) groups excluding carboxylic acids is 4. The molecule has 0 saturated carbocycles. The van der Waals surface area contributed by atoms with E-state index >= 15 is 0 Å². The van der Waals surface area contributed by atoms with E-state index in [1.165, 1.54) is 25.3 Å². The van der Waals surface area contributed by atoms with E-state index in [2.05, 4.69) is 10.6 Å². The molecule has 0 aromatic heterocycles. The van der Waals surface area contributed by atoms with Crippen molar-refractivity contribution in [2.24, 2.45) is 5.92 Å². The largest absolute Gasteiger partial charge is 0.507 e. The molecule has 4 N–H and O–H groups in total. The van der Waals surface area contributed by atoms with Gasteiger partial charge in [-0.2, -0.15) is 0 Å². The number of aliphatic hydroxyl groups excluding tert-OH is 1. The molecule has 0 unspecified atom stereocenters. The van der Waals surface area contributed by atoms with Crippen molar-refractivity contribution in [1.29, 1.82) is 0 Å². The van der Waals surface area contributed by atoms with Crippen LogP contribution in [0.2, 0.25) is 5.02 Å². The summed E-state index contributed by atoms with van der Waals surface area (Å²) in [4.78, 5) is 51.6. The Kier molecular flexibility index (Phi) is 8.89. The van der Waals surface area contributed by atoms with Gasteiger partial charge in [0.25, 0.3) is 0 Å². The third-order valence-electron chi connectivity index (χ3n) is 6.01. The number of carbonyl (C=O) groups is 4. The van der Waals surface area contributed by atoms with Crippen LogP contribution in [0.25, 0.3) is 0 Å². The van der Waals surface area contributed by atoms with Gasteiger partial charge in [-0.25, -0.2) is 4.79 Å². The second-order valence-corrected chi connectivity index (χ2v) is 8.76. The fourth-order valence-corrected chi connectivity index (χ4v) is 4.30. The van der Waals surface area contributed by atoms with E-state index in [0.29, 0.717) is 22.8 Å². The summed E-state index contributed by atoms with van der Waals surface area (Å²) in [7, 11) is 1.49. The molecule has 36 heavy (non-hydrogen) atoms. The fourth-order valence-electron chi connectivity index (χ4n) is 4.11. The molecule has 0 radical (unpaired) electrons. The number of imide groups is 1. The number of nitrogens with one attached hydrogen (secondary N) is 2. The van der Waals surface area contributed by atoms with Crippen LogP contribution in [0.5, 0.6) is 11.5 Å². The van der Waals surface area contributed by atoms with E-state index in [4.69, 9.17) is 21.4 Å². The molecule has 1 heterocycles. The number of methoxy groups -OCH3 is 1. The van der Waals surface area contributed by atoms with E-state index in [-0.39, 0.29) is 29.8 Å². The average Bonchev–Trinajstić information content (AvgIpc) is 3.01. The number of hydrogen-bond acceptors (Lipinski definition) is 7. The van der Waals surface area contributed by atoms with Crippen molar-refractivity contribution in [2.75, 3.05) is 26.8 Å². The Labute approximate surface area is 213 Å². The fraction of sp³-hybridized carbons (Fsp3) is 0.360. The molecule has 3 rings (SSSR count). The smallest absolute Gasteiger partial charge is 0.325 e. The van der Waals surface area contributed by atoms with E-state index in [0.717, 1.165) is 4.90 Å². The molecule has 4 amide bonds. The minimum Gasteiger partial charge on any atom is -0.507 e. The Morgan fingerprint density at radius 1 is 1.28 bits per heavy atom. The number of urea groups is 1. The number of Topliss-reactive ketones (excluding diaryl/α,β-unsaturated/α-hetero) is 1. The maximum atomic E-state index is 13.4. The highest BCUT2D eigenvalue weighted by Gasteiger charge is 2.35. The van der Waals surface area contributed by atoms with Gasteiger partial charge in [-0.05, 0) is 42.7 Å². The van der Waals surface area contributed by atoms with Crippen molar-refractivity contribution < 1.29 is 34.1 Å². The molecule has 0 bridgehead atoms. The maximum absolute atomic E-state index is 13.4. The summed E-state index contributed by atoms with van der Waals surface area (Å²) < 4.78 is 5.35. The van der Waals surface area contributed by atoms with Gasteiger partial charge in [0, 0.05) is 17.1 Å². The highest BCUT2D eigenvalue weighted by molar-refractivity contribution is 6.30. The summed E-state index contributed by atoms with van der Waals surface area (Å²) in [6.07, 6.45) is 0.489. The Bertz CT molecular complexity index is 1170. The van der Waals surface area contributed by atoms with Crippen LogP contribution in [0.3, 0.4) is 0 Å². The summed E-state index contributed by atoms with van der Waals surface area (Å²) in [6, 6.07) is 7.83. The Morgan fingerprint density at radius 2 is 2.03 bits per heavy atom. The summed E-state index contributed by atoms with van der Waals surface area (Å²) in [6.45, 7) is 0.520. The van der Waals surface area contributed by atoms with Crippen LogP contribution in [-0.4, -0.2) is 65.5 Å². The zero-order chi connectivity index (χ0) is 26.4. The predicted molar refractivity (Wildman–Crippen MR) is 131 cm³/mol. The standard InChI is InChI=1S/C25H28ClN3O7/c1-3-19(17-5-4-6-18(23(17)33)20(31)13-30)28-25(35)29-12-22(32)27-11-15(24(29)34)9-14-10-16(26)7-8-21(14)36-2/h4-8,10,15,19,30,33H,3,9,11-13H2,1-2H3,(H,27,32)(H,28,35)/t15-,19-/m1/s1. The van der Waals surface area contributed by atoms with E-state index in [1.807, 2.05) is 0 Å². The average molecular weight is 518 g/mol. The molecule has 2 aromatic carbocycles. The number of ether oxygens (including phenoxy) is 1. The molecule has 1 aliphatic heterocycles. The topological polar surface area (TPSA) is 145 Å². The molecule has 1 saturated heterocycles. The zero-order valence-corrected chi connectivity index (χ0v) is 20.7. The van der Waals surface area contributed by atoms with Gasteiger partial charge in [0.1, 0.15) is 24.7 Å². The first-order valence-corrected chi connectivity index (χ1v) is 11.7. The van der Waals surface area contributed by atoms with Gasteiger partial charge in [0.15, 0.2) is 5.78 Å². The molecule has 0 spiro atoms. The number of rotatable bonds is 8. The number of phenolic OH excluding ortho intramolecular Hbond substituents is 1. The SMILES string of the molecule is CC[C@@H](NC(=O)N1CC(=O)NC[C@@H](Cc2cc(Cl)ccc2OC)C1=O)c1cccc(C(=O)CO)c1O. The van der Waals surface area contributed by atoms with E-state index < -0.39 is 48.7 Å². The van der Waals surface area contributed by atoms with Gasteiger partial charge in [-0.3, -0.25) is 19.3 Å². The summed E-state index contributed by atoms with van der Waals surface area (Å²) in [5, 5.41) is 25.5.